The number of aryl methyl sites for hydroxylation is 1. The van der Waals surface area contributed by atoms with Crippen molar-refractivity contribution in [2.75, 3.05) is 47.8 Å². The smallest absolute Gasteiger partial charge is 0.227 e. The maximum atomic E-state index is 4.90. The molecule has 0 amide bonds. The monoisotopic (exact) mass is 387 g/mol. The Bertz CT molecular complexity index is 933. The summed E-state index contributed by atoms with van der Waals surface area (Å²) in [5, 5.41) is 3.44. The summed E-state index contributed by atoms with van der Waals surface area (Å²) >= 11 is 0. The largest absolute Gasteiger partial charge is 0.370 e. The van der Waals surface area contributed by atoms with Gasteiger partial charge in [-0.3, -0.25) is 0 Å². The normalized spacial score (nSPS) is 14.1. The lowest BCUT2D eigenvalue weighted by molar-refractivity contribution is 0.640. The Morgan fingerprint density at radius 1 is 0.862 bits per heavy atom. The van der Waals surface area contributed by atoms with E-state index in [1.54, 1.807) is 0 Å². The lowest BCUT2D eigenvalue weighted by atomic mass is 10.1. The Morgan fingerprint density at radius 3 is 2.34 bits per heavy atom. The van der Waals surface area contributed by atoms with Gasteiger partial charge in [-0.05, 0) is 31.0 Å². The Balaban J connectivity index is 1.54. The van der Waals surface area contributed by atoms with Crippen LogP contribution >= 0.6 is 0 Å². The highest BCUT2D eigenvalue weighted by molar-refractivity contribution is 5.64. The first kappa shape index (κ1) is 19.2. The van der Waals surface area contributed by atoms with Gasteiger partial charge >= 0.3 is 0 Å². The second-order valence-electron chi connectivity index (χ2n) is 7.54. The molecule has 0 radical (unpaired) electrons. The molecule has 3 aromatic rings. The molecular weight excluding hydrogens is 358 g/mol. The van der Waals surface area contributed by atoms with Crippen molar-refractivity contribution in [3.8, 4) is 11.3 Å². The number of rotatable bonds is 6. The first-order valence-corrected chi connectivity index (χ1v) is 10.5. The van der Waals surface area contributed by atoms with Crippen LogP contribution in [0.1, 0.15) is 18.9 Å². The average Bonchev–Trinajstić information content (AvgIpc) is 2.78. The van der Waals surface area contributed by atoms with Crippen molar-refractivity contribution >= 4 is 17.5 Å². The predicted octanol–water partition coefficient (Wildman–Crippen LogP) is 4.60. The van der Waals surface area contributed by atoms with E-state index in [4.69, 9.17) is 9.97 Å². The summed E-state index contributed by atoms with van der Waals surface area (Å²) in [6.45, 7) is 9.00. The Kier molecular flexibility index (Phi) is 5.94. The molecule has 4 rings (SSSR count). The molecule has 150 valence electrons. The maximum absolute atomic E-state index is 4.90. The van der Waals surface area contributed by atoms with E-state index in [0.717, 1.165) is 62.2 Å². The van der Waals surface area contributed by atoms with Crippen molar-refractivity contribution in [1.29, 1.82) is 0 Å². The number of nitrogens with one attached hydrogen (secondary N) is 1. The molecule has 1 N–H and O–H groups in total. The summed E-state index contributed by atoms with van der Waals surface area (Å²) in [7, 11) is 0. The highest BCUT2D eigenvalue weighted by Gasteiger charge is 2.20. The molecule has 1 saturated heterocycles. The van der Waals surface area contributed by atoms with E-state index >= 15 is 0 Å². The fraction of sp³-hybridized carbons (Fsp3) is 0.333. The van der Waals surface area contributed by atoms with Gasteiger partial charge in [-0.25, -0.2) is 4.98 Å². The second-order valence-corrected chi connectivity index (χ2v) is 7.54. The van der Waals surface area contributed by atoms with Crippen molar-refractivity contribution in [3.05, 3.63) is 66.2 Å². The van der Waals surface area contributed by atoms with E-state index in [1.807, 2.05) is 6.07 Å². The van der Waals surface area contributed by atoms with Gasteiger partial charge in [0.2, 0.25) is 5.95 Å². The first-order chi connectivity index (χ1) is 14.2. The third-order valence-corrected chi connectivity index (χ3v) is 5.27. The van der Waals surface area contributed by atoms with Crippen molar-refractivity contribution in [3.63, 3.8) is 0 Å². The van der Waals surface area contributed by atoms with E-state index in [0.29, 0.717) is 0 Å². The number of anilines is 3. The second kappa shape index (κ2) is 8.95. The number of benzene rings is 2. The summed E-state index contributed by atoms with van der Waals surface area (Å²) in [5.41, 5.74) is 4.69. The van der Waals surface area contributed by atoms with E-state index in [2.05, 4.69) is 83.6 Å². The van der Waals surface area contributed by atoms with Gasteiger partial charge in [0.1, 0.15) is 5.82 Å². The molecule has 0 saturated carbocycles. The number of hydrogen-bond donors (Lipinski definition) is 1. The van der Waals surface area contributed by atoms with Gasteiger partial charge in [-0.2, -0.15) is 4.98 Å². The molecule has 0 spiro atoms. The number of nitrogens with zero attached hydrogens (tertiary/aromatic N) is 4. The quantitative estimate of drug-likeness (QED) is 0.670. The molecule has 0 atom stereocenters. The van der Waals surface area contributed by atoms with Crippen LogP contribution in [-0.4, -0.2) is 42.7 Å². The van der Waals surface area contributed by atoms with Gasteiger partial charge in [-0.15, -0.1) is 0 Å². The van der Waals surface area contributed by atoms with Gasteiger partial charge in [0.05, 0.1) is 5.69 Å². The summed E-state index contributed by atoms with van der Waals surface area (Å²) in [6.07, 6.45) is 1.06. The average molecular weight is 388 g/mol. The zero-order valence-corrected chi connectivity index (χ0v) is 17.3. The molecule has 0 aliphatic carbocycles. The van der Waals surface area contributed by atoms with Gasteiger partial charge in [-0.1, -0.05) is 49.4 Å². The van der Waals surface area contributed by atoms with Crippen LogP contribution in [0.4, 0.5) is 17.5 Å². The van der Waals surface area contributed by atoms with E-state index in [-0.39, 0.29) is 0 Å². The van der Waals surface area contributed by atoms with Crippen LogP contribution in [0, 0.1) is 6.92 Å². The molecule has 29 heavy (non-hydrogen) atoms. The van der Waals surface area contributed by atoms with Crippen LogP contribution in [0.3, 0.4) is 0 Å². The summed E-state index contributed by atoms with van der Waals surface area (Å²) in [5.74, 6) is 1.71. The standard InChI is InChI=1S/C24H29N5/c1-3-12-25-23-18-22(20-9-5-4-6-10-20)26-24(27-23)29-15-13-28(14-16-29)21-11-7-8-19(2)17-21/h4-11,17-18H,3,12-16H2,1-2H3,(H,25,26,27). The summed E-state index contributed by atoms with van der Waals surface area (Å²) in [4.78, 5) is 14.5. The fourth-order valence-electron chi connectivity index (χ4n) is 3.67. The minimum absolute atomic E-state index is 0.814. The van der Waals surface area contributed by atoms with Crippen LogP contribution in [0.15, 0.2) is 60.7 Å². The van der Waals surface area contributed by atoms with Gasteiger partial charge < -0.3 is 15.1 Å². The number of piperazine rings is 1. The molecule has 2 aromatic carbocycles. The number of hydrogen-bond acceptors (Lipinski definition) is 5. The van der Waals surface area contributed by atoms with Crippen molar-refractivity contribution in [2.45, 2.75) is 20.3 Å². The lowest BCUT2D eigenvalue weighted by Gasteiger charge is -2.36. The Hall–Kier alpha value is -3.08. The molecule has 1 fully saturated rings. The highest BCUT2D eigenvalue weighted by atomic mass is 15.3. The molecular formula is C24H29N5. The van der Waals surface area contributed by atoms with E-state index in [9.17, 15) is 0 Å². The predicted molar refractivity (Wildman–Crippen MR) is 122 cm³/mol. The van der Waals surface area contributed by atoms with Gasteiger partial charge in [0, 0.05) is 50.0 Å². The van der Waals surface area contributed by atoms with Crippen LogP contribution in [0.2, 0.25) is 0 Å². The van der Waals surface area contributed by atoms with Crippen LogP contribution < -0.4 is 15.1 Å². The number of aromatic nitrogens is 2. The van der Waals surface area contributed by atoms with Crippen molar-refractivity contribution < 1.29 is 0 Å². The third-order valence-electron chi connectivity index (χ3n) is 5.27. The molecule has 1 aliphatic heterocycles. The molecule has 5 heteroatoms. The van der Waals surface area contributed by atoms with E-state index in [1.165, 1.54) is 11.3 Å². The molecule has 1 aromatic heterocycles. The van der Waals surface area contributed by atoms with Crippen LogP contribution in [0.25, 0.3) is 11.3 Å². The first-order valence-electron chi connectivity index (χ1n) is 10.5. The molecule has 1 aliphatic rings. The summed E-state index contributed by atoms with van der Waals surface area (Å²) < 4.78 is 0. The zero-order valence-electron chi connectivity index (χ0n) is 17.3. The summed E-state index contributed by atoms with van der Waals surface area (Å²) in [6, 6.07) is 21.1. The molecule has 0 unspecified atom stereocenters. The lowest BCUT2D eigenvalue weighted by Crippen LogP contribution is -2.47. The van der Waals surface area contributed by atoms with E-state index < -0.39 is 0 Å². The van der Waals surface area contributed by atoms with Crippen molar-refractivity contribution in [1.82, 2.24) is 9.97 Å². The molecule has 0 bridgehead atoms. The molecule has 2 heterocycles. The molecule has 5 nitrogen and oxygen atoms in total. The SMILES string of the molecule is CCCNc1cc(-c2ccccc2)nc(N2CCN(c3cccc(C)c3)CC2)n1. The van der Waals surface area contributed by atoms with Crippen LogP contribution in [-0.2, 0) is 0 Å². The Morgan fingerprint density at radius 2 is 1.62 bits per heavy atom. The maximum Gasteiger partial charge on any atom is 0.227 e. The van der Waals surface area contributed by atoms with Crippen molar-refractivity contribution in [2.24, 2.45) is 0 Å². The zero-order chi connectivity index (χ0) is 20.1. The minimum atomic E-state index is 0.814. The topological polar surface area (TPSA) is 44.3 Å². The third kappa shape index (κ3) is 4.67. The highest BCUT2D eigenvalue weighted by Crippen LogP contribution is 2.25. The Labute approximate surface area is 173 Å². The van der Waals surface area contributed by atoms with Gasteiger partial charge in [0.15, 0.2) is 0 Å². The minimum Gasteiger partial charge on any atom is -0.370 e. The van der Waals surface area contributed by atoms with Crippen LogP contribution in [0.5, 0.6) is 0 Å². The van der Waals surface area contributed by atoms with Gasteiger partial charge in [0.25, 0.3) is 0 Å². The fourth-order valence-corrected chi connectivity index (χ4v) is 3.67.